The van der Waals surface area contributed by atoms with Crippen LogP contribution in [-0.2, 0) is 10.2 Å². The Labute approximate surface area is 97.4 Å². The molecule has 0 amide bonds. The van der Waals surface area contributed by atoms with Crippen LogP contribution in [-0.4, -0.2) is 15.4 Å². The SMILES string of the molecule is Cc1ccc([C@]2(C)C[C@]2(Br)C(=O)O)cc1. The molecule has 1 aliphatic carbocycles. The van der Waals surface area contributed by atoms with Gasteiger partial charge in [0.2, 0.25) is 0 Å². The van der Waals surface area contributed by atoms with Gasteiger partial charge >= 0.3 is 5.97 Å². The summed E-state index contributed by atoms with van der Waals surface area (Å²) in [5.41, 5.74) is 2.01. The van der Waals surface area contributed by atoms with E-state index in [9.17, 15) is 4.79 Å². The Kier molecular flexibility index (Phi) is 2.19. The Bertz CT molecular complexity index is 412. The smallest absolute Gasteiger partial charge is 0.321 e. The van der Waals surface area contributed by atoms with Crippen LogP contribution in [0.3, 0.4) is 0 Å². The summed E-state index contributed by atoms with van der Waals surface area (Å²) in [5, 5.41) is 9.12. The molecule has 0 aliphatic heterocycles. The first-order chi connectivity index (χ1) is 6.90. The first-order valence-corrected chi connectivity index (χ1v) is 5.69. The minimum Gasteiger partial charge on any atom is -0.480 e. The molecule has 0 heterocycles. The van der Waals surface area contributed by atoms with E-state index >= 15 is 0 Å². The van der Waals surface area contributed by atoms with Gasteiger partial charge in [0.05, 0.1) is 0 Å². The van der Waals surface area contributed by atoms with Crippen LogP contribution in [0.2, 0.25) is 0 Å². The molecule has 2 atom stereocenters. The predicted octanol–water partition coefficient (Wildman–Crippen LogP) is 2.87. The van der Waals surface area contributed by atoms with Crippen LogP contribution < -0.4 is 0 Å². The highest BCUT2D eigenvalue weighted by Crippen LogP contribution is 2.63. The molecule has 3 heteroatoms. The van der Waals surface area contributed by atoms with Gasteiger partial charge in [0.25, 0.3) is 0 Å². The van der Waals surface area contributed by atoms with E-state index in [0.29, 0.717) is 6.42 Å². The summed E-state index contributed by atoms with van der Waals surface area (Å²) in [4.78, 5) is 11.1. The second-order valence-corrected chi connectivity index (χ2v) is 5.83. The molecule has 2 nitrogen and oxygen atoms in total. The number of carbonyl (C=O) groups is 1. The fraction of sp³-hybridized carbons (Fsp3) is 0.417. The Hall–Kier alpha value is -0.830. The van der Waals surface area contributed by atoms with Crippen LogP contribution in [0.15, 0.2) is 24.3 Å². The average molecular weight is 269 g/mol. The molecule has 80 valence electrons. The fourth-order valence-electron chi connectivity index (χ4n) is 2.01. The summed E-state index contributed by atoms with van der Waals surface area (Å²) < 4.78 is -0.769. The number of benzene rings is 1. The molecular formula is C12H13BrO2. The van der Waals surface area contributed by atoms with Crippen molar-refractivity contribution in [3.63, 3.8) is 0 Å². The van der Waals surface area contributed by atoms with Gasteiger partial charge in [0.1, 0.15) is 4.32 Å². The molecule has 0 unspecified atom stereocenters. The summed E-state index contributed by atoms with van der Waals surface area (Å²) in [6.45, 7) is 4.01. The summed E-state index contributed by atoms with van der Waals surface area (Å²) in [5.74, 6) is -0.773. The van der Waals surface area contributed by atoms with Gasteiger partial charge in [-0.1, -0.05) is 52.7 Å². The maximum absolute atomic E-state index is 11.1. The topological polar surface area (TPSA) is 37.3 Å². The molecule has 15 heavy (non-hydrogen) atoms. The predicted molar refractivity (Wildman–Crippen MR) is 62.4 cm³/mol. The van der Waals surface area contributed by atoms with E-state index in [1.165, 1.54) is 5.56 Å². The van der Waals surface area contributed by atoms with Crippen molar-refractivity contribution in [2.24, 2.45) is 0 Å². The molecule has 1 N–H and O–H groups in total. The van der Waals surface area contributed by atoms with E-state index in [1.807, 2.05) is 38.1 Å². The number of hydrogen-bond acceptors (Lipinski definition) is 1. The highest BCUT2D eigenvalue weighted by molar-refractivity contribution is 9.10. The number of alkyl halides is 1. The van der Waals surface area contributed by atoms with Crippen molar-refractivity contribution in [3.8, 4) is 0 Å². The Balaban J connectivity index is 2.35. The Morgan fingerprint density at radius 2 is 1.93 bits per heavy atom. The Morgan fingerprint density at radius 3 is 2.33 bits per heavy atom. The van der Waals surface area contributed by atoms with Gasteiger partial charge in [-0.25, -0.2) is 0 Å². The van der Waals surface area contributed by atoms with E-state index < -0.39 is 10.3 Å². The van der Waals surface area contributed by atoms with Crippen LogP contribution in [0.5, 0.6) is 0 Å². The minimum atomic E-state index is -0.773. The monoisotopic (exact) mass is 268 g/mol. The maximum atomic E-state index is 11.1. The summed E-state index contributed by atoms with van der Waals surface area (Å²) in [7, 11) is 0. The zero-order valence-corrected chi connectivity index (χ0v) is 10.3. The van der Waals surface area contributed by atoms with Gasteiger partial charge in [-0.15, -0.1) is 0 Å². The number of aryl methyl sites for hydroxylation is 1. The second kappa shape index (κ2) is 3.08. The molecule has 1 fully saturated rings. The van der Waals surface area contributed by atoms with E-state index in [2.05, 4.69) is 15.9 Å². The molecule has 0 bridgehead atoms. The third-order valence-electron chi connectivity index (χ3n) is 3.37. The first kappa shape index (κ1) is 10.7. The standard InChI is InChI=1S/C12H13BrO2/c1-8-3-5-9(6-4-8)11(2)7-12(11,13)10(14)15/h3-6H,7H2,1-2H3,(H,14,15)/t11-,12-/m0/s1. The highest BCUT2D eigenvalue weighted by atomic mass is 79.9. The van der Waals surface area contributed by atoms with Crippen molar-refractivity contribution in [1.82, 2.24) is 0 Å². The normalized spacial score (nSPS) is 33.8. The lowest BCUT2D eigenvalue weighted by atomic mass is 9.94. The summed E-state index contributed by atoms with van der Waals surface area (Å²) in [6.07, 6.45) is 0.651. The molecule has 2 rings (SSSR count). The van der Waals surface area contributed by atoms with E-state index in [4.69, 9.17) is 5.11 Å². The molecule has 0 saturated heterocycles. The molecule has 1 aromatic carbocycles. The van der Waals surface area contributed by atoms with E-state index in [-0.39, 0.29) is 5.41 Å². The largest absolute Gasteiger partial charge is 0.480 e. The van der Waals surface area contributed by atoms with Crippen LogP contribution in [0.25, 0.3) is 0 Å². The number of aliphatic carboxylic acids is 1. The lowest BCUT2D eigenvalue weighted by Crippen LogP contribution is -2.24. The minimum absolute atomic E-state index is 0.271. The number of carboxylic acid groups (broad SMARTS) is 1. The fourth-order valence-corrected chi connectivity index (χ4v) is 2.80. The van der Waals surface area contributed by atoms with Gasteiger partial charge in [-0.3, -0.25) is 4.79 Å². The lowest BCUT2D eigenvalue weighted by Gasteiger charge is -2.14. The summed E-state index contributed by atoms with van der Waals surface area (Å²) >= 11 is 3.33. The first-order valence-electron chi connectivity index (χ1n) is 4.90. The van der Waals surface area contributed by atoms with E-state index in [1.54, 1.807) is 0 Å². The lowest BCUT2D eigenvalue weighted by molar-refractivity contribution is -0.137. The highest BCUT2D eigenvalue weighted by Gasteiger charge is 2.69. The molecular weight excluding hydrogens is 256 g/mol. The van der Waals surface area contributed by atoms with Crippen LogP contribution in [0, 0.1) is 6.92 Å². The molecule has 0 radical (unpaired) electrons. The van der Waals surface area contributed by atoms with Crippen LogP contribution in [0.4, 0.5) is 0 Å². The van der Waals surface area contributed by atoms with Gasteiger partial charge < -0.3 is 5.11 Å². The van der Waals surface area contributed by atoms with E-state index in [0.717, 1.165) is 5.56 Å². The molecule has 1 saturated carbocycles. The van der Waals surface area contributed by atoms with Crippen LogP contribution >= 0.6 is 15.9 Å². The summed E-state index contributed by atoms with van der Waals surface area (Å²) in [6, 6.07) is 8.07. The molecule has 0 aromatic heterocycles. The molecule has 0 spiro atoms. The van der Waals surface area contributed by atoms with Crippen molar-refractivity contribution in [2.45, 2.75) is 30.0 Å². The second-order valence-electron chi connectivity index (χ2n) is 4.48. The number of rotatable bonds is 2. The third-order valence-corrected chi connectivity index (χ3v) is 4.87. The number of halogens is 1. The van der Waals surface area contributed by atoms with Gasteiger partial charge in [-0.2, -0.15) is 0 Å². The number of carboxylic acids is 1. The van der Waals surface area contributed by atoms with Crippen molar-refractivity contribution in [3.05, 3.63) is 35.4 Å². The van der Waals surface area contributed by atoms with Crippen molar-refractivity contribution >= 4 is 21.9 Å². The van der Waals surface area contributed by atoms with Crippen molar-refractivity contribution in [1.29, 1.82) is 0 Å². The zero-order chi connectivity index (χ0) is 11.3. The molecule has 1 aromatic rings. The quantitative estimate of drug-likeness (QED) is 0.838. The Morgan fingerprint density at radius 1 is 1.40 bits per heavy atom. The third kappa shape index (κ3) is 1.41. The van der Waals surface area contributed by atoms with Crippen molar-refractivity contribution in [2.75, 3.05) is 0 Å². The van der Waals surface area contributed by atoms with Crippen molar-refractivity contribution < 1.29 is 9.90 Å². The van der Waals surface area contributed by atoms with Crippen LogP contribution in [0.1, 0.15) is 24.5 Å². The zero-order valence-electron chi connectivity index (χ0n) is 8.75. The van der Waals surface area contributed by atoms with Gasteiger partial charge in [0, 0.05) is 5.41 Å². The van der Waals surface area contributed by atoms with Gasteiger partial charge in [0.15, 0.2) is 0 Å². The van der Waals surface area contributed by atoms with Gasteiger partial charge in [-0.05, 0) is 18.9 Å². The number of hydrogen-bond donors (Lipinski definition) is 1. The maximum Gasteiger partial charge on any atom is 0.321 e. The molecule has 1 aliphatic rings. The average Bonchev–Trinajstić information content (AvgIpc) is 2.73.